The minimum Gasteiger partial charge on any atom is -0.463 e. The number of nitrogens with two attached hydrogens (primary N) is 1. The summed E-state index contributed by atoms with van der Waals surface area (Å²) in [5.74, 6) is -0.218. The van der Waals surface area contributed by atoms with Crippen molar-refractivity contribution in [1.82, 2.24) is 19.5 Å². The Balaban J connectivity index is 1.68. The lowest BCUT2D eigenvalue weighted by Gasteiger charge is -2.17. The van der Waals surface area contributed by atoms with Crippen LogP contribution in [0.4, 0.5) is 5.82 Å². The van der Waals surface area contributed by atoms with Gasteiger partial charge < -0.3 is 15.2 Å². The van der Waals surface area contributed by atoms with Gasteiger partial charge >= 0.3 is 17.3 Å². The van der Waals surface area contributed by atoms with Gasteiger partial charge in [0.25, 0.3) is 0 Å². The second kappa shape index (κ2) is 5.73. The van der Waals surface area contributed by atoms with Gasteiger partial charge in [-0.3, -0.25) is 17.7 Å². The highest BCUT2D eigenvalue weighted by Crippen LogP contribution is 2.40. The van der Waals surface area contributed by atoms with Gasteiger partial charge in [0.2, 0.25) is 0 Å². The summed E-state index contributed by atoms with van der Waals surface area (Å²) >= 11 is -1.90. The van der Waals surface area contributed by atoms with Gasteiger partial charge in [-0.1, -0.05) is 0 Å². The van der Waals surface area contributed by atoms with E-state index in [1.165, 1.54) is 19.6 Å². The SMILES string of the molecule is CC(=O)OC[C@H]1O[C@@H](n2cnc3c(N)ncnc32)[C@@H]2OS(=O)O[C@@H]21. The van der Waals surface area contributed by atoms with Crippen molar-refractivity contribution in [3.8, 4) is 0 Å². The number of carbonyl (C=O) groups is 1. The lowest BCUT2D eigenvalue weighted by molar-refractivity contribution is -0.147. The summed E-state index contributed by atoms with van der Waals surface area (Å²) in [6, 6.07) is 0. The van der Waals surface area contributed by atoms with Gasteiger partial charge in [-0.15, -0.1) is 0 Å². The average Bonchev–Trinajstić information content (AvgIpc) is 3.19. The smallest absolute Gasteiger partial charge is 0.305 e. The van der Waals surface area contributed by atoms with E-state index in [-0.39, 0.29) is 12.4 Å². The number of esters is 1. The Kier molecular flexibility index (Phi) is 3.68. The number of rotatable bonds is 3. The second-order valence-electron chi connectivity index (χ2n) is 5.28. The van der Waals surface area contributed by atoms with Crippen LogP contribution in [-0.4, -0.2) is 54.6 Å². The van der Waals surface area contributed by atoms with E-state index in [1.807, 2.05) is 0 Å². The van der Waals surface area contributed by atoms with Crippen LogP contribution in [0.3, 0.4) is 0 Å². The second-order valence-corrected chi connectivity index (χ2v) is 6.07. The first-order valence-electron chi connectivity index (χ1n) is 7.02. The Labute approximate surface area is 137 Å². The third-order valence-corrected chi connectivity index (χ3v) is 4.54. The number of anilines is 1. The summed E-state index contributed by atoms with van der Waals surface area (Å²) in [4.78, 5) is 23.2. The first-order valence-corrected chi connectivity index (χ1v) is 8.02. The highest BCUT2D eigenvalue weighted by atomic mass is 32.2. The largest absolute Gasteiger partial charge is 0.463 e. The molecule has 0 aliphatic carbocycles. The van der Waals surface area contributed by atoms with Gasteiger partial charge in [0.1, 0.15) is 30.7 Å². The molecule has 2 aliphatic rings. The van der Waals surface area contributed by atoms with Crippen molar-refractivity contribution in [1.29, 1.82) is 0 Å². The number of nitrogen functional groups attached to an aromatic ring is 1. The molecule has 4 rings (SSSR count). The molecule has 2 aromatic rings. The third-order valence-electron chi connectivity index (χ3n) is 3.78. The van der Waals surface area contributed by atoms with Crippen LogP contribution in [0.15, 0.2) is 12.7 Å². The molecule has 2 aromatic heterocycles. The monoisotopic (exact) mass is 355 g/mol. The van der Waals surface area contributed by atoms with Gasteiger partial charge in [-0.25, -0.2) is 15.0 Å². The quantitative estimate of drug-likeness (QED) is 0.698. The van der Waals surface area contributed by atoms with Crippen molar-refractivity contribution in [2.75, 3.05) is 12.3 Å². The van der Waals surface area contributed by atoms with Crippen molar-refractivity contribution in [3.63, 3.8) is 0 Å². The van der Waals surface area contributed by atoms with E-state index >= 15 is 0 Å². The molecular formula is C12H13N5O6S. The molecule has 128 valence electrons. The first kappa shape index (κ1) is 15.4. The maximum atomic E-state index is 11.6. The van der Waals surface area contributed by atoms with Crippen LogP contribution in [-0.2, 0) is 34.0 Å². The Morgan fingerprint density at radius 2 is 2.17 bits per heavy atom. The zero-order valence-electron chi connectivity index (χ0n) is 12.4. The molecule has 0 spiro atoms. The van der Waals surface area contributed by atoms with E-state index in [0.29, 0.717) is 11.2 Å². The fraction of sp³-hybridized carbons (Fsp3) is 0.500. The molecule has 11 nitrogen and oxygen atoms in total. The number of imidazole rings is 1. The molecule has 0 radical (unpaired) electrons. The summed E-state index contributed by atoms with van der Waals surface area (Å²) in [5.41, 5.74) is 6.64. The number of aromatic nitrogens is 4. The van der Waals surface area contributed by atoms with Crippen molar-refractivity contribution < 1.29 is 26.8 Å². The zero-order chi connectivity index (χ0) is 16.8. The molecule has 12 heteroatoms. The number of hydrogen-bond donors (Lipinski definition) is 1. The van der Waals surface area contributed by atoms with Crippen LogP contribution in [0.25, 0.3) is 11.2 Å². The number of ether oxygens (including phenoxy) is 2. The van der Waals surface area contributed by atoms with Gasteiger partial charge in [-0.2, -0.15) is 4.21 Å². The molecule has 2 aliphatic heterocycles. The summed E-state index contributed by atoms with van der Waals surface area (Å²) < 4.78 is 34.6. The minimum absolute atomic E-state index is 0.0443. The van der Waals surface area contributed by atoms with Gasteiger partial charge in [-0.05, 0) is 0 Å². The van der Waals surface area contributed by atoms with Crippen LogP contribution in [0.5, 0.6) is 0 Å². The molecule has 4 heterocycles. The van der Waals surface area contributed by atoms with Crippen LogP contribution >= 0.6 is 0 Å². The summed E-state index contributed by atoms with van der Waals surface area (Å²) in [6.07, 6.45) is 0.138. The lowest BCUT2D eigenvalue weighted by atomic mass is 10.1. The van der Waals surface area contributed by atoms with Crippen molar-refractivity contribution >= 4 is 34.3 Å². The molecule has 5 atom stereocenters. The molecule has 0 amide bonds. The fourth-order valence-electron chi connectivity index (χ4n) is 2.74. The molecule has 24 heavy (non-hydrogen) atoms. The number of hydrogen-bond acceptors (Lipinski definition) is 10. The summed E-state index contributed by atoms with van der Waals surface area (Å²) in [6.45, 7) is 1.24. The van der Waals surface area contributed by atoms with Crippen LogP contribution in [0.2, 0.25) is 0 Å². The van der Waals surface area contributed by atoms with Crippen LogP contribution < -0.4 is 5.73 Å². The van der Waals surface area contributed by atoms with Crippen molar-refractivity contribution in [3.05, 3.63) is 12.7 Å². The Hall–Kier alpha value is -2.15. The Bertz CT molecular complexity index is 827. The normalized spacial score (nSPS) is 32.1. The van der Waals surface area contributed by atoms with Gasteiger partial charge in [0, 0.05) is 6.92 Å². The molecule has 2 N–H and O–H groups in total. The molecule has 2 fully saturated rings. The molecule has 0 aromatic carbocycles. The number of fused-ring (bicyclic) bond motifs is 2. The molecular weight excluding hydrogens is 342 g/mol. The Morgan fingerprint density at radius 3 is 2.96 bits per heavy atom. The standard InChI is InChI=1S/C12H13N5O6S/c1-5(18)20-2-6-8-9(23-24(19)22-8)12(21-6)17-4-16-7-10(13)14-3-15-11(7)17/h3-4,6,8-9,12H,2H2,1H3,(H2,13,14,15)/t6-,8-,9-,12-,24?/m1/s1. The fourth-order valence-corrected chi connectivity index (χ4v) is 3.59. The van der Waals surface area contributed by atoms with Crippen molar-refractivity contribution in [2.24, 2.45) is 0 Å². The van der Waals surface area contributed by atoms with E-state index in [9.17, 15) is 9.00 Å². The average molecular weight is 355 g/mol. The highest BCUT2D eigenvalue weighted by molar-refractivity contribution is 7.75. The van der Waals surface area contributed by atoms with E-state index < -0.39 is 41.9 Å². The minimum atomic E-state index is -1.90. The van der Waals surface area contributed by atoms with E-state index in [4.69, 9.17) is 23.6 Å². The van der Waals surface area contributed by atoms with E-state index in [0.717, 1.165) is 0 Å². The molecule has 0 saturated carbocycles. The predicted octanol–water partition coefficient (Wildman–Crippen LogP) is -0.768. The van der Waals surface area contributed by atoms with E-state index in [2.05, 4.69) is 15.0 Å². The highest BCUT2D eigenvalue weighted by Gasteiger charge is 2.54. The summed E-state index contributed by atoms with van der Waals surface area (Å²) in [5, 5.41) is 0. The predicted molar refractivity (Wildman–Crippen MR) is 78.2 cm³/mol. The summed E-state index contributed by atoms with van der Waals surface area (Å²) in [7, 11) is 0. The Morgan fingerprint density at radius 1 is 1.38 bits per heavy atom. The topological polar surface area (TPSA) is 141 Å². The van der Waals surface area contributed by atoms with Crippen LogP contribution in [0, 0.1) is 0 Å². The molecule has 2 saturated heterocycles. The number of nitrogens with zero attached hydrogens (tertiary/aromatic N) is 4. The van der Waals surface area contributed by atoms with Gasteiger partial charge in [0.05, 0.1) is 6.33 Å². The molecule has 0 bridgehead atoms. The maximum absolute atomic E-state index is 11.6. The van der Waals surface area contributed by atoms with Crippen molar-refractivity contribution in [2.45, 2.75) is 31.5 Å². The lowest BCUT2D eigenvalue weighted by Crippen LogP contribution is -2.32. The number of carbonyl (C=O) groups excluding carboxylic acids is 1. The van der Waals surface area contributed by atoms with E-state index in [1.54, 1.807) is 4.57 Å². The zero-order valence-corrected chi connectivity index (χ0v) is 13.2. The van der Waals surface area contributed by atoms with Crippen LogP contribution in [0.1, 0.15) is 13.2 Å². The third kappa shape index (κ3) is 2.43. The maximum Gasteiger partial charge on any atom is 0.305 e. The first-order chi connectivity index (χ1) is 11.5. The van der Waals surface area contributed by atoms with Gasteiger partial charge in [0.15, 0.2) is 23.8 Å². The molecule has 1 unspecified atom stereocenters.